The normalized spacial score (nSPS) is 11.3. The van der Waals surface area contributed by atoms with Crippen molar-refractivity contribution >= 4 is 34.3 Å². The number of hydrogen-bond donors (Lipinski definition) is 2. The first-order chi connectivity index (χ1) is 12.1. The number of carbonyl (C=O) groups is 1. The van der Waals surface area contributed by atoms with Crippen LogP contribution in [-0.2, 0) is 16.0 Å². The molecule has 0 fully saturated rings. The average molecular weight is 445 g/mol. The Morgan fingerprint density at radius 2 is 1.96 bits per heavy atom. The molecule has 0 spiro atoms. The second-order valence-corrected chi connectivity index (χ2v) is 6.44. The van der Waals surface area contributed by atoms with Gasteiger partial charge in [-0.2, -0.15) is 0 Å². The van der Waals surface area contributed by atoms with Crippen molar-refractivity contribution < 1.29 is 19.4 Å². The summed E-state index contributed by atoms with van der Waals surface area (Å²) in [7, 11) is 1.38. The topological polar surface area (TPSA) is 67.8 Å². The third-order valence-electron chi connectivity index (χ3n) is 3.62. The minimum atomic E-state index is -0.560. The van der Waals surface area contributed by atoms with Crippen molar-refractivity contribution in [2.24, 2.45) is 0 Å². The molecule has 1 atom stereocenters. The fraction of sp³-hybridized carbons (Fsp3) is 0.316. The molecule has 26 heavy (non-hydrogen) atoms. The Morgan fingerprint density at radius 1 is 1.23 bits per heavy atom. The van der Waals surface area contributed by atoms with Gasteiger partial charge in [0, 0.05) is 17.6 Å². The van der Waals surface area contributed by atoms with E-state index in [1.54, 1.807) is 0 Å². The third kappa shape index (κ3) is 7.74. The Kier molecular flexibility index (Phi) is 10.3. The van der Waals surface area contributed by atoms with Crippen molar-refractivity contribution in [3.05, 3.63) is 64.1 Å². The predicted molar refractivity (Wildman–Crippen MR) is 107 cm³/mol. The number of halogens is 2. The maximum atomic E-state index is 11.2. The second-order valence-electron chi connectivity index (χ2n) is 5.52. The number of methoxy groups -OCH3 is 1. The van der Waals surface area contributed by atoms with Gasteiger partial charge in [0.1, 0.15) is 12.4 Å². The molecule has 0 heterocycles. The number of esters is 1. The van der Waals surface area contributed by atoms with E-state index in [0.717, 1.165) is 21.3 Å². The Bertz CT molecular complexity index is 681. The fourth-order valence-electron chi connectivity index (χ4n) is 2.25. The average Bonchev–Trinajstić information content (AvgIpc) is 2.62. The van der Waals surface area contributed by atoms with Crippen LogP contribution in [-0.4, -0.2) is 37.9 Å². The van der Waals surface area contributed by atoms with Crippen molar-refractivity contribution in [2.75, 3.05) is 26.8 Å². The molecule has 2 rings (SSSR count). The zero-order valence-corrected chi connectivity index (χ0v) is 16.9. The Hall–Kier alpha value is -1.60. The van der Waals surface area contributed by atoms with E-state index in [2.05, 4.69) is 26.0 Å². The largest absolute Gasteiger partial charge is 0.492 e. The maximum Gasteiger partial charge on any atom is 0.309 e. The van der Waals surface area contributed by atoms with Crippen molar-refractivity contribution in [2.45, 2.75) is 12.5 Å². The summed E-state index contributed by atoms with van der Waals surface area (Å²) >= 11 is 3.39. The SMILES string of the molecule is COC(=O)Cc1ccc(OCCNCC(O)c2cccc(Br)c2)cc1.Cl. The van der Waals surface area contributed by atoms with Crippen LogP contribution < -0.4 is 10.1 Å². The lowest BCUT2D eigenvalue weighted by Crippen LogP contribution is -2.26. The van der Waals surface area contributed by atoms with Gasteiger partial charge in [0.15, 0.2) is 0 Å². The number of benzene rings is 2. The van der Waals surface area contributed by atoms with Gasteiger partial charge in [-0.1, -0.05) is 40.2 Å². The number of carbonyl (C=O) groups excluding carboxylic acids is 1. The minimum Gasteiger partial charge on any atom is -0.492 e. The summed E-state index contributed by atoms with van der Waals surface area (Å²) in [5.74, 6) is 0.477. The van der Waals surface area contributed by atoms with E-state index in [1.165, 1.54) is 7.11 Å². The molecule has 0 radical (unpaired) electrons. The van der Waals surface area contributed by atoms with Gasteiger partial charge >= 0.3 is 5.97 Å². The highest BCUT2D eigenvalue weighted by molar-refractivity contribution is 9.10. The van der Waals surface area contributed by atoms with Gasteiger partial charge < -0.3 is 19.9 Å². The van der Waals surface area contributed by atoms with Gasteiger partial charge in [0.2, 0.25) is 0 Å². The number of nitrogens with one attached hydrogen (secondary N) is 1. The summed E-state index contributed by atoms with van der Waals surface area (Å²) in [5, 5.41) is 13.3. The lowest BCUT2D eigenvalue weighted by molar-refractivity contribution is -0.139. The predicted octanol–water partition coefficient (Wildman–Crippen LogP) is 3.29. The van der Waals surface area contributed by atoms with Gasteiger partial charge in [-0.3, -0.25) is 4.79 Å². The van der Waals surface area contributed by atoms with E-state index in [-0.39, 0.29) is 24.8 Å². The van der Waals surface area contributed by atoms with Crippen LogP contribution in [0.3, 0.4) is 0 Å². The lowest BCUT2D eigenvalue weighted by atomic mass is 10.1. The van der Waals surface area contributed by atoms with Crippen LogP contribution in [0, 0.1) is 0 Å². The molecule has 2 aromatic carbocycles. The molecule has 0 aliphatic rings. The first-order valence-corrected chi connectivity index (χ1v) is 8.80. The number of ether oxygens (including phenoxy) is 2. The van der Waals surface area contributed by atoms with Crippen LogP contribution >= 0.6 is 28.3 Å². The molecule has 142 valence electrons. The zero-order chi connectivity index (χ0) is 18.1. The highest BCUT2D eigenvalue weighted by atomic mass is 79.9. The van der Waals surface area contributed by atoms with Crippen molar-refractivity contribution in [1.29, 1.82) is 0 Å². The summed E-state index contributed by atoms with van der Waals surface area (Å²) in [6.07, 6.45) is -0.304. The molecular formula is C19H23BrClNO4. The summed E-state index contributed by atoms with van der Waals surface area (Å²) < 4.78 is 11.2. The number of aliphatic hydroxyl groups excluding tert-OH is 1. The molecule has 7 heteroatoms. The summed E-state index contributed by atoms with van der Waals surface area (Å²) in [6, 6.07) is 15.0. The molecule has 0 aliphatic carbocycles. The van der Waals surface area contributed by atoms with Crippen molar-refractivity contribution in [3.8, 4) is 5.75 Å². The second kappa shape index (κ2) is 11.9. The van der Waals surface area contributed by atoms with E-state index in [9.17, 15) is 9.90 Å². The van der Waals surface area contributed by atoms with Gasteiger partial charge in [0.05, 0.1) is 19.6 Å². The molecule has 0 amide bonds. The van der Waals surface area contributed by atoms with E-state index < -0.39 is 6.10 Å². The molecule has 0 bridgehead atoms. The van der Waals surface area contributed by atoms with E-state index in [1.807, 2.05) is 48.5 Å². The summed E-state index contributed by atoms with van der Waals surface area (Å²) in [5.41, 5.74) is 1.75. The van der Waals surface area contributed by atoms with Crippen LogP contribution in [0.2, 0.25) is 0 Å². The first-order valence-electron chi connectivity index (χ1n) is 8.01. The smallest absolute Gasteiger partial charge is 0.309 e. The highest BCUT2D eigenvalue weighted by Gasteiger charge is 2.07. The molecule has 0 aromatic heterocycles. The van der Waals surface area contributed by atoms with Gasteiger partial charge in [-0.05, 0) is 35.4 Å². The highest BCUT2D eigenvalue weighted by Crippen LogP contribution is 2.17. The minimum absolute atomic E-state index is 0. The van der Waals surface area contributed by atoms with Crippen molar-refractivity contribution in [3.63, 3.8) is 0 Å². The molecule has 2 aromatic rings. The molecule has 1 unspecified atom stereocenters. The van der Waals surface area contributed by atoms with E-state index >= 15 is 0 Å². The van der Waals surface area contributed by atoms with Gasteiger partial charge in [-0.15, -0.1) is 12.4 Å². The standard InChI is InChI=1S/C19H22BrNO4.ClH/c1-24-19(23)11-14-5-7-17(8-6-14)25-10-9-21-13-18(22)15-3-2-4-16(20)12-15;/h2-8,12,18,21-22H,9-11,13H2,1H3;1H. The summed E-state index contributed by atoms with van der Waals surface area (Å²) in [4.78, 5) is 11.2. The monoisotopic (exact) mass is 443 g/mol. The Balaban J connectivity index is 0.00000338. The van der Waals surface area contributed by atoms with Crippen LogP contribution in [0.25, 0.3) is 0 Å². The fourth-order valence-corrected chi connectivity index (χ4v) is 2.67. The number of rotatable bonds is 9. The van der Waals surface area contributed by atoms with E-state index in [0.29, 0.717) is 19.7 Å². The molecule has 0 saturated carbocycles. The molecule has 0 saturated heterocycles. The third-order valence-corrected chi connectivity index (χ3v) is 4.11. The molecule has 0 aliphatic heterocycles. The molecule has 2 N–H and O–H groups in total. The first kappa shape index (κ1) is 22.4. The molecular weight excluding hydrogens is 422 g/mol. The van der Waals surface area contributed by atoms with Crippen LogP contribution in [0.15, 0.2) is 53.0 Å². The number of hydrogen-bond acceptors (Lipinski definition) is 5. The van der Waals surface area contributed by atoms with Crippen molar-refractivity contribution in [1.82, 2.24) is 5.32 Å². The number of aliphatic hydroxyl groups is 1. The van der Waals surface area contributed by atoms with Crippen LogP contribution in [0.5, 0.6) is 5.75 Å². The lowest BCUT2D eigenvalue weighted by Gasteiger charge is -2.13. The summed E-state index contributed by atoms with van der Waals surface area (Å²) in [6.45, 7) is 1.56. The quantitative estimate of drug-likeness (QED) is 0.459. The Labute approximate surface area is 168 Å². The maximum absolute atomic E-state index is 11.2. The Morgan fingerprint density at radius 3 is 2.62 bits per heavy atom. The van der Waals surface area contributed by atoms with Crippen LogP contribution in [0.4, 0.5) is 0 Å². The van der Waals surface area contributed by atoms with Crippen LogP contribution in [0.1, 0.15) is 17.2 Å². The molecule has 5 nitrogen and oxygen atoms in total. The zero-order valence-electron chi connectivity index (χ0n) is 14.5. The van der Waals surface area contributed by atoms with Gasteiger partial charge in [0.25, 0.3) is 0 Å². The van der Waals surface area contributed by atoms with E-state index in [4.69, 9.17) is 4.74 Å². The van der Waals surface area contributed by atoms with Gasteiger partial charge in [-0.25, -0.2) is 0 Å².